The van der Waals surface area contributed by atoms with Crippen molar-refractivity contribution in [1.82, 2.24) is 0 Å². The molecule has 0 radical (unpaired) electrons. The predicted molar refractivity (Wildman–Crippen MR) is 53.1 cm³/mol. The quantitative estimate of drug-likeness (QED) is 0.478. The van der Waals surface area contributed by atoms with Crippen molar-refractivity contribution >= 4 is 15.8 Å². The molecule has 0 unspecified atom stereocenters. The standard InChI is InChI=1S/C8H13NO2S/c1-12(2,11)9-7-3-5-8(10)6-4-7/h3-6,10,12H,1-2H3,(H,9,11). The third-order valence-electron chi connectivity index (χ3n) is 1.27. The van der Waals surface area contributed by atoms with E-state index in [4.69, 9.17) is 5.11 Å². The normalized spacial score (nSPS) is 12.5. The zero-order valence-electron chi connectivity index (χ0n) is 7.11. The smallest absolute Gasteiger partial charge is 0.115 e. The van der Waals surface area contributed by atoms with Crippen LogP contribution in [0.3, 0.4) is 0 Å². The van der Waals surface area contributed by atoms with E-state index in [1.165, 1.54) is 0 Å². The lowest BCUT2D eigenvalue weighted by atomic mass is 10.3. The number of nitrogens with one attached hydrogen (secondary N) is 1. The Kier molecular flexibility index (Phi) is 2.38. The van der Waals surface area contributed by atoms with Gasteiger partial charge in [-0.1, -0.05) is 0 Å². The van der Waals surface area contributed by atoms with Gasteiger partial charge < -0.3 is 9.83 Å². The molecule has 12 heavy (non-hydrogen) atoms. The molecule has 1 rings (SSSR count). The third-order valence-corrected chi connectivity index (χ3v) is 2.06. The topological polar surface area (TPSA) is 49.3 Å². The molecule has 0 saturated carbocycles. The first-order chi connectivity index (χ1) is 5.47. The summed E-state index contributed by atoms with van der Waals surface area (Å²) in [4.78, 5) is 0. The molecular weight excluding hydrogens is 174 g/mol. The Hall–Kier alpha value is -1.03. The molecule has 0 saturated heterocycles. The highest BCUT2D eigenvalue weighted by Crippen LogP contribution is 2.15. The number of aromatic hydroxyl groups is 1. The molecule has 0 amide bonds. The molecule has 0 fully saturated rings. The van der Waals surface area contributed by atoms with E-state index < -0.39 is 10.1 Å². The van der Waals surface area contributed by atoms with Crippen LogP contribution < -0.4 is 4.72 Å². The van der Waals surface area contributed by atoms with Crippen LogP contribution >= 0.6 is 0 Å². The number of benzene rings is 1. The van der Waals surface area contributed by atoms with E-state index in [2.05, 4.69) is 4.72 Å². The fourth-order valence-corrected chi connectivity index (χ4v) is 1.62. The van der Waals surface area contributed by atoms with Crippen molar-refractivity contribution in [2.24, 2.45) is 0 Å². The minimum atomic E-state index is -2.23. The van der Waals surface area contributed by atoms with Crippen molar-refractivity contribution < 1.29 is 9.32 Å². The molecule has 0 heterocycles. The second-order valence-electron chi connectivity index (χ2n) is 3.01. The van der Waals surface area contributed by atoms with Crippen molar-refractivity contribution in [3.63, 3.8) is 0 Å². The zero-order chi connectivity index (χ0) is 9.19. The van der Waals surface area contributed by atoms with Crippen molar-refractivity contribution in [2.75, 3.05) is 17.2 Å². The predicted octanol–water partition coefficient (Wildman–Crippen LogP) is 0.995. The van der Waals surface area contributed by atoms with Gasteiger partial charge in [-0.05, 0) is 34.4 Å². The first-order valence-electron chi connectivity index (χ1n) is 3.60. The Morgan fingerprint density at radius 1 is 1.25 bits per heavy atom. The highest BCUT2D eigenvalue weighted by atomic mass is 32.3. The molecule has 0 bridgehead atoms. The maximum absolute atomic E-state index is 11.3. The van der Waals surface area contributed by atoms with Crippen LogP contribution in [0.1, 0.15) is 0 Å². The number of hydrogen-bond acceptors (Lipinski definition) is 2. The van der Waals surface area contributed by atoms with Crippen LogP contribution in [0.15, 0.2) is 24.3 Å². The first kappa shape index (κ1) is 9.06. The van der Waals surface area contributed by atoms with Crippen molar-refractivity contribution in [3.8, 4) is 5.75 Å². The zero-order valence-corrected chi connectivity index (χ0v) is 8.01. The molecule has 2 N–H and O–H groups in total. The molecule has 1 aromatic carbocycles. The first-order valence-corrected chi connectivity index (χ1v) is 6.20. The van der Waals surface area contributed by atoms with Gasteiger partial charge in [0.1, 0.15) is 5.75 Å². The lowest BCUT2D eigenvalue weighted by molar-refractivity contribution is 0.475. The van der Waals surface area contributed by atoms with Gasteiger partial charge in [0, 0.05) is 18.2 Å². The molecule has 0 aliphatic rings. The molecule has 0 aliphatic heterocycles. The van der Waals surface area contributed by atoms with Gasteiger partial charge in [-0.2, -0.15) is 0 Å². The van der Waals surface area contributed by atoms with E-state index in [0.29, 0.717) is 0 Å². The van der Waals surface area contributed by atoms with Crippen LogP contribution in [0.4, 0.5) is 5.69 Å². The van der Waals surface area contributed by atoms with E-state index in [-0.39, 0.29) is 5.75 Å². The summed E-state index contributed by atoms with van der Waals surface area (Å²) in [5.41, 5.74) is 0.765. The summed E-state index contributed by atoms with van der Waals surface area (Å²) in [7, 11) is -2.23. The Labute approximate surface area is 73.0 Å². The van der Waals surface area contributed by atoms with Crippen LogP contribution in [0.25, 0.3) is 0 Å². The highest BCUT2D eigenvalue weighted by Gasteiger charge is 1.98. The van der Waals surface area contributed by atoms with E-state index in [9.17, 15) is 4.21 Å². The molecular formula is C8H13NO2S. The average molecular weight is 187 g/mol. The summed E-state index contributed by atoms with van der Waals surface area (Å²) in [5, 5.41) is 8.96. The second-order valence-corrected chi connectivity index (χ2v) is 5.93. The molecule has 0 aliphatic carbocycles. The summed E-state index contributed by atoms with van der Waals surface area (Å²) in [6, 6.07) is 6.49. The Morgan fingerprint density at radius 3 is 2.17 bits per heavy atom. The van der Waals surface area contributed by atoms with Crippen molar-refractivity contribution in [2.45, 2.75) is 0 Å². The van der Waals surface area contributed by atoms with Gasteiger partial charge in [0.2, 0.25) is 0 Å². The van der Waals surface area contributed by atoms with Crippen molar-refractivity contribution in [1.29, 1.82) is 0 Å². The van der Waals surface area contributed by atoms with Gasteiger partial charge in [0.05, 0.1) is 0 Å². The SMILES string of the molecule is C[SH](C)(=O)Nc1ccc(O)cc1. The van der Waals surface area contributed by atoms with Crippen LogP contribution in [-0.4, -0.2) is 21.8 Å². The molecule has 0 atom stereocenters. The van der Waals surface area contributed by atoms with Gasteiger partial charge in [0.25, 0.3) is 0 Å². The van der Waals surface area contributed by atoms with Crippen LogP contribution in [-0.2, 0) is 10.1 Å². The summed E-state index contributed by atoms with van der Waals surface area (Å²) in [6.45, 7) is 0. The number of anilines is 1. The monoisotopic (exact) mass is 187 g/mol. The van der Waals surface area contributed by atoms with Crippen LogP contribution in [0.2, 0.25) is 0 Å². The summed E-state index contributed by atoms with van der Waals surface area (Å²) < 4.78 is 14.1. The summed E-state index contributed by atoms with van der Waals surface area (Å²) >= 11 is 0. The highest BCUT2D eigenvalue weighted by molar-refractivity contribution is 8.02. The van der Waals surface area contributed by atoms with Gasteiger partial charge in [-0.15, -0.1) is 0 Å². The van der Waals surface area contributed by atoms with Crippen LogP contribution in [0, 0.1) is 0 Å². The van der Waals surface area contributed by atoms with E-state index in [1.807, 2.05) is 0 Å². The van der Waals surface area contributed by atoms with E-state index in [0.717, 1.165) is 5.69 Å². The minimum absolute atomic E-state index is 0.211. The second kappa shape index (κ2) is 3.15. The maximum Gasteiger partial charge on any atom is 0.115 e. The number of hydrogen-bond donors (Lipinski definition) is 3. The Bertz CT molecular complexity index is 301. The lowest BCUT2D eigenvalue weighted by Crippen LogP contribution is -2.17. The molecule has 4 heteroatoms. The number of thiol groups is 1. The average Bonchev–Trinajstić information content (AvgIpc) is 1.91. The molecule has 68 valence electrons. The molecule has 1 aromatic rings. The summed E-state index contributed by atoms with van der Waals surface area (Å²) in [5.74, 6) is 0.211. The number of phenols is 1. The van der Waals surface area contributed by atoms with Crippen molar-refractivity contribution in [3.05, 3.63) is 24.3 Å². The Morgan fingerprint density at radius 2 is 1.75 bits per heavy atom. The largest absolute Gasteiger partial charge is 0.508 e. The van der Waals surface area contributed by atoms with Gasteiger partial charge in [-0.3, -0.25) is 4.21 Å². The number of phenolic OH excluding ortho intramolecular Hbond substituents is 1. The third kappa shape index (κ3) is 2.92. The van der Waals surface area contributed by atoms with Gasteiger partial charge >= 0.3 is 0 Å². The fourth-order valence-electron chi connectivity index (χ4n) is 0.847. The lowest BCUT2D eigenvalue weighted by Gasteiger charge is -2.15. The minimum Gasteiger partial charge on any atom is -0.508 e. The van der Waals surface area contributed by atoms with Gasteiger partial charge in [0.15, 0.2) is 0 Å². The van der Waals surface area contributed by atoms with Gasteiger partial charge in [-0.25, -0.2) is 0 Å². The number of rotatable bonds is 2. The fraction of sp³-hybridized carbons (Fsp3) is 0.250. The van der Waals surface area contributed by atoms with E-state index in [1.54, 1.807) is 36.8 Å². The maximum atomic E-state index is 11.3. The summed E-state index contributed by atoms with van der Waals surface area (Å²) in [6.07, 6.45) is 3.31. The molecule has 0 spiro atoms. The molecule has 0 aromatic heterocycles. The molecule has 3 nitrogen and oxygen atoms in total. The Balaban J connectivity index is 2.78. The van der Waals surface area contributed by atoms with E-state index >= 15 is 0 Å². The van der Waals surface area contributed by atoms with Crippen LogP contribution in [0.5, 0.6) is 5.75 Å².